The lowest BCUT2D eigenvalue weighted by atomic mass is 10.1. The van der Waals surface area contributed by atoms with Gasteiger partial charge in [-0.1, -0.05) is 18.2 Å². The number of piperidine rings is 1. The lowest BCUT2D eigenvalue weighted by molar-refractivity contribution is 0.165. The number of hydrogen-bond donors (Lipinski definition) is 0. The molecule has 34 heavy (non-hydrogen) atoms. The second kappa shape index (κ2) is 8.88. The summed E-state index contributed by atoms with van der Waals surface area (Å²) in [6.07, 6.45) is 5.11. The maximum atomic E-state index is 14.7. The molecule has 5 aromatic rings. The molecule has 4 heterocycles. The van der Waals surface area contributed by atoms with Crippen molar-refractivity contribution < 1.29 is 13.5 Å². The van der Waals surface area contributed by atoms with Crippen molar-refractivity contribution in [2.24, 2.45) is 0 Å². The van der Waals surface area contributed by atoms with Crippen LogP contribution >= 0.6 is 23.1 Å². The van der Waals surface area contributed by atoms with E-state index in [1.165, 1.54) is 29.4 Å². The van der Waals surface area contributed by atoms with Gasteiger partial charge in [-0.3, -0.25) is 0 Å². The molecule has 1 fully saturated rings. The summed E-state index contributed by atoms with van der Waals surface area (Å²) in [6, 6.07) is 13.7. The van der Waals surface area contributed by atoms with Gasteiger partial charge < -0.3 is 14.1 Å². The van der Waals surface area contributed by atoms with E-state index in [0.717, 1.165) is 57.7 Å². The Labute approximate surface area is 203 Å². The van der Waals surface area contributed by atoms with Gasteiger partial charge in [-0.2, -0.15) is 4.98 Å². The summed E-state index contributed by atoms with van der Waals surface area (Å²) in [5.74, 6) is 0.307. The van der Waals surface area contributed by atoms with E-state index in [1.54, 1.807) is 6.07 Å². The number of thioether (sulfide) groups is 1. The van der Waals surface area contributed by atoms with Crippen LogP contribution in [0.25, 0.3) is 32.4 Å². The smallest absolute Gasteiger partial charge is 0.298 e. The minimum atomic E-state index is -0.251. The van der Waals surface area contributed by atoms with Crippen molar-refractivity contribution in [2.45, 2.75) is 23.8 Å². The minimum absolute atomic E-state index is 0.0295. The third-order valence-corrected chi connectivity index (χ3v) is 7.74. The Morgan fingerprint density at radius 1 is 1.12 bits per heavy atom. The third-order valence-electron chi connectivity index (χ3n) is 6.06. The zero-order chi connectivity index (χ0) is 23.1. The molecule has 1 aliphatic rings. The normalized spacial score (nSPS) is 14.8. The highest BCUT2D eigenvalue weighted by Gasteiger charge is 2.25. The molecule has 0 aliphatic carbocycles. The zero-order valence-electron chi connectivity index (χ0n) is 18.4. The van der Waals surface area contributed by atoms with E-state index in [4.69, 9.17) is 9.15 Å². The molecule has 0 atom stereocenters. The topological polar surface area (TPSA) is 64.3 Å². The van der Waals surface area contributed by atoms with Gasteiger partial charge in [-0.05, 0) is 30.5 Å². The van der Waals surface area contributed by atoms with E-state index in [2.05, 4.69) is 19.9 Å². The lowest BCUT2D eigenvalue weighted by Gasteiger charge is -2.30. The van der Waals surface area contributed by atoms with Gasteiger partial charge in [0.25, 0.3) is 6.01 Å². The van der Waals surface area contributed by atoms with Crippen molar-refractivity contribution in [3.05, 3.63) is 60.0 Å². The molecule has 0 N–H and O–H groups in total. The zero-order valence-corrected chi connectivity index (χ0v) is 20.0. The summed E-state index contributed by atoms with van der Waals surface area (Å²) in [4.78, 5) is 16.5. The summed E-state index contributed by atoms with van der Waals surface area (Å²) < 4.78 is 27.8. The number of anilines is 1. The Hall–Kier alpha value is -3.17. The van der Waals surface area contributed by atoms with E-state index in [-0.39, 0.29) is 11.9 Å². The van der Waals surface area contributed by atoms with Gasteiger partial charge in [0.2, 0.25) is 5.88 Å². The monoisotopic (exact) mass is 492 g/mol. The highest BCUT2D eigenvalue weighted by atomic mass is 32.2. The molecule has 172 valence electrons. The van der Waals surface area contributed by atoms with Crippen LogP contribution < -0.4 is 9.64 Å². The van der Waals surface area contributed by atoms with Crippen molar-refractivity contribution in [1.82, 2.24) is 15.0 Å². The first-order valence-corrected chi connectivity index (χ1v) is 13.1. The fourth-order valence-electron chi connectivity index (χ4n) is 4.26. The Morgan fingerprint density at radius 2 is 1.97 bits per heavy atom. The molecule has 0 amide bonds. The number of oxazole rings is 1. The number of aromatic nitrogens is 3. The van der Waals surface area contributed by atoms with Crippen LogP contribution in [0.15, 0.2) is 63.5 Å². The largest absolute Gasteiger partial charge is 0.473 e. The number of benzene rings is 2. The van der Waals surface area contributed by atoms with Crippen molar-refractivity contribution >= 4 is 50.4 Å². The van der Waals surface area contributed by atoms with E-state index >= 15 is 0 Å². The molecule has 6 nitrogen and oxygen atoms in total. The molecule has 0 spiro atoms. The molecule has 2 aromatic carbocycles. The fraction of sp³-hybridized carbons (Fsp3) is 0.240. The SMILES string of the molecule is CSc1ccc(-c2csc3c(OC4CCN(c5nc6ccccc6o5)CC4)ncnc23)c(F)c1. The summed E-state index contributed by atoms with van der Waals surface area (Å²) in [5, 5.41) is 1.93. The van der Waals surface area contributed by atoms with Crippen molar-refractivity contribution in [3.63, 3.8) is 0 Å². The maximum absolute atomic E-state index is 14.7. The fourth-order valence-corrected chi connectivity index (χ4v) is 5.64. The van der Waals surface area contributed by atoms with E-state index in [9.17, 15) is 4.39 Å². The number of thiophene rings is 1. The maximum Gasteiger partial charge on any atom is 0.298 e. The second-order valence-electron chi connectivity index (χ2n) is 8.12. The number of para-hydroxylation sites is 2. The molecule has 0 bridgehead atoms. The Kier molecular flexibility index (Phi) is 5.58. The van der Waals surface area contributed by atoms with Crippen LogP contribution in [0.2, 0.25) is 0 Å². The van der Waals surface area contributed by atoms with Crippen LogP contribution in [-0.4, -0.2) is 40.4 Å². The Balaban J connectivity index is 1.19. The predicted molar refractivity (Wildman–Crippen MR) is 134 cm³/mol. The predicted octanol–water partition coefficient (Wildman–Crippen LogP) is 6.41. The molecule has 3 aromatic heterocycles. The van der Waals surface area contributed by atoms with Crippen molar-refractivity contribution in [1.29, 1.82) is 0 Å². The molecule has 1 saturated heterocycles. The van der Waals surface area contributed by atoms with Gasteiger partial charge in [-0.25, -0.2) is 14.4 Å². The van der Waals surface area contributed by atoms with Crippen molar-refractivity contribution in [3.8, 4) is 17.0 Å². The average Bonchev–Trinajstić information content (AvgIpc) is 3.49. The van der Waals surface area contributed by atoms with Crippen LogP contribution in [0.3, 0.4) is 0 Å². The van der Waals surface area contributed by atoms with Gasteiger partial charge >= 0.3 is 0 Å². The molecule has 1 aliphatic heterocycles. The minimum Gasteiger partial charge on any atom is -0.473 e. The summed E-state index contributed by atoms with van der Waals surface area (Å²) in [5.41, 5.74) is 3.69. The first-order valence-electron chi connectivity index (χ1n) is 11.0. The molecular formula is C25H21FN4O2S2. The molecule has 0 unspecified atom stereocenters. The van der Waals surface area contributed by atoms with E-state index < -0.39 is 0 Å². The highest BCUT2D eigenvalue weighted by molar-refractivity contribution is 7.98. The van der Waals surface area contributed by atoms with Gasteiger partial charge in [0.15, 0.2) is 5.58 Å². The van der Waals surface area contributed by atoms with Gasteiger partial charge in [-0.15, -0.1) is 23.1 Å². The molecule has 9 heteroatoms. The Morgan fingerprint density at radius 3 is 2.76 bits per heavy atom. The third kappa shape index (κ3) is 3.88. The van der Waals surface area contributed by atoms with Crippen molar-refractivity contribution in [2.75, 3.05) is 24.2 Å². The van der Waals surface area contributed by atoms with Crippen LogP contribution in [-0.2, 0) is 0 Å². The van der Waals surface area contributed by atoms with Crippen LogP contribution in [0, 0.1) is 5.82 Å². The molecule has 0 radical (unpaired) electrons. The summed E-state index contributed by atoms with van der Waals surface area (Å²) in [7, 11) is 0. The molecule has 6 rings (SSSR count). The number of halogens is 1. The van der Waals surface area contributed by atoms with Gasteiger partial charge in [0.05, 0.1) is 5.52 Å². The Bertz CT molecular complexity index is 1440. The quantitative estimate of drug-likeness (QED) is 0.263. The number of rotatable bonds is 5. The number of hydrogen-bond acceptors (Lipinski definition) is 8. The summed E-state index contributed by atoms with van der Waals surface area (Å²) in [6.45, 7) is 1.57. The van der Waals surface area contributed by atoms with Gasteiger partial charge in [0, 0.05) is 47.3 Å². The standard InChI is InChI=1S/C25H21FN4O2S2/c1-33-16-6-7-17(19(26)12-16)18-13-34-23-22(18)27-14-28-24(23)31-15-8-10-30(11-9-15)25-29-20-4-2-3-5-21(20)32-25/h2-7,12-15H,8-11H2,1H3. The number of fused-ring (bicyclic) bond motifs is 2. The first kappa shape index (κ1) is 21.4. The van der Waals surface area contributed by atoms with E-state index in [1.807, 2.05) is 48.0 Å². The van der Waals surface area contributed by atoms with Crippen LogP contribution in [0.1, 0.15) is 12.8 Å². The second-order valence-corrected chi connectivity index (χ2v) is 9.88. The summed E-state index contributed by atoms with van der Waals surface area (Å²) >= 11 is 3.00. The van der Waals surface area contributed by atoms with Crippen LogP contribution in [0.5, 0.6) is 5.88 Å². The van der Waals surface area contributed by atoms with Gasteiger partial charge in [0.1, 0.15) is 28.5 Å². The molecule has 0 saturated carbocycles. The molecular weight excluding hydrogens is 471 g/mol. The average molecular weight is 493 g/mol. The van der Waals surface area contributed by atoms with E-state index in [0.29, 0.717) is 17.5 Å². The van der Waals surface area contributed by atoms with Crippen LogP contribution in [0.4, 0.5) is 10.4 Å². The highest BCUT2D eigenvalue weighted by Crippen LogP contribution is 2.39. The number of nitrogens with zero attached hydrogens (tertiary/aromatic N) is 4. The number of ether oxygens (including phenoxy) is 1. The lowest BCUT2D eigenvalue weighted by Crippen LogP contribution is -2.38. The first-order chi connectivity index (χ1) is 16.7.